The van der Waals surface area contributed by atoms with Gasteiger partial charge < -0.3 is 15.1 Å². The van der Waals surface area contributed by atoms with Gasteiger partial charge in [0.25, 0.3) is 0 Å². The lowest BCUT2D eigenvalue weighted by Crippen LogP contribution is -2.06. The predicted octanol–water partition coefficient (Wildman–Crippen LogP) is 1.93. The Hall–Kier alpha value is 0.110. The average molecular weight is 225 g/mol. The van der Waals surface area contributed by atoms with E-state index in [4.69, 9.17) is 14.4 Å². The molecule has 0 unspecified atom stereocenters. The Balaban J connectivity index is 0. The third-order valence-electron chi connectivity index (χ3n) is 1.78. The molecule has 3 N–H and O–H groups in total. The van der Waals surface area contributed by atoms with Gasteiger partial charge >= 0.3 is 8.25 Å². The maximum atomic E-state index is 8.74. The van der Waals surface area contributed by atoms with Crippen molar-refractivity contribution in [1.82, 2.24) is 5.32 Å². The summed E-state index contributed by atoms with van der Waals surface area (Å²) in [7, 11) is -1.11. The third kappa shape index (κ3) is 29.6. The molecular formula is C9H24NO3P. The van der Waals surface area contributed by atoms with Crippen molar-refractivity contribution in [3.63, 3.8) is 0 Å². The van der Waals surface area contributed by atoms with Crippen LogP contribution in [0.2, 0.25) is 0 Å². The van der Waals surface area contributed by atoms with Gasteiger partial charge in [-0.3, -0.25) is 4.57 Å². The highest BCUT2D eigenvalue weighted by Gasteiger charge is 1.87. The van der Waals surface area contributed by atoms with E-state index in [9.17, 15) is 0 Å². The van der Waals surface area contributed by atoms with E-state index >= 15 is 0 Å². The first-order valence-corrected chi connectivity index (χ1v) is 6.51. The van der Waals surface area contributed by atoms with Crippen LogP contribution in [-0.2, 0) is 4.57 Å². The highest BCUT2D eigenvalue weighted by atomic mass is 31.1. The second-order valence-electron chi connectivity index (χ2n) is 3.15. The maximum Gasteiger partial charge on any atom is 0.314 e. The number of rotatable bonds is 7. The Morgan fingerprint density at radius 2 is 1.50 bits per heavy atom. The van der Waals surface area contributed by atoms with Crippen LogP contribution in [0.15, 0.2) is 0 Å². The molecule has 0 aromatic heterocycles. The molecule has 0 aliphatic rings. The molecule has 14 heavy (non-hydrogen) atoms. The number of hydrogen-bond acceptors (Lipinski definition) is 2. The van der Waals surface area contributed by atoms with Gasteiger partial charge in [0, 0.05) is 0 Å². The Bertz CT molecular complexity index is 111. The summed E-state index contributed by atoms with van der Waals surface area (Å²) in [6.07, 6.45) is 8.38. The minimum Gasteiger partial charge on any atom is -0.326 e. The maximum absolute atomic E-state index is 8.74. The van der Waals surface area contributed by atoms with Crippen molar-refractivity contribution >= 4 is 8.25 Å². The normalized spacial score (nSPS) is 9.79. The van der Waals surface area contributed by atoms with E-state index in [1.807, 2.05) is 7.05 Å². The fraction of sp³-hybridized carbons (Fsp3) is 1.00. The van der Waals surface area contributed by atoms with Crippen molar-refractivity contribution < 1.29 is 14.4 Å². The van der Waals surface area contributed by atoms with Crippen molar-refractivity contribution in [1.29, 1.82) is 0 Å². The van der Waals surface area contributed by atoms with Gasteiger partial charge in [0.05, 0.1) is 0 Å². The SMILES string of the molecule is CCCCCCCCNC.O=[PH](O)O. The topological polar surface area (TPSA) is 69.6 Å². The van der Waals surface area contributed by atoms with Crippen LogP contribution in [0.4, 0.5) is 0 Å². The molecule has 0 bridgehead atoms. The van der Waals surface area contributed by atoms with E-state index in [2.05, 4.69) is 12.2 Å². The Labute approximate surface area is 87.7 Å². The molecule has 0 aromatic carbocycles. The first-order chi connectivity index (χ1) is 6.65. The van der Waals surface area contributed by atoms with Gasteiger partial charge in [0.15, 0.2) is 0 Å². The monoisotopic (exact) mass is 225 g/mol. The number of hydrogen-bond donors (Lipinski definition) is 3. The van der Waals surface area contributed by atoms with Crippen molar-refractivity contribution in [2.45, 2.75) is 45.4 Å². The van der Waals surface area contributed by atoms with Crippen molar-refractivity contribution in [3.05, 3.63) is 0 Å². The zero-order chi connectivity index (χ0) is 11.2. The van der Waals surface area contributed by atoms with Crippen LogP contribution in [0, 0.1) is 0 Å². The summed E-state index contributed by atoms with van der Waals surface area (Å²) < 4.78 is 8.74. The van der Waals surface area contributed by atoms with Crippen LogP contribution in [-0.4, -0.2) is 23.4 Å². The van der Waals surface area contributed by atoms with Gasteiger partial charge in [0.1, 0.15) is 0 Å². The van der Waals surface area contributed by atoms with Crippen LogP contribution in [0.1, 0.15) is 45.4 Å². The summed E-state index contributed by atoms with van der Waals surface area (Å²) in [5.74, 6) is 0. The first-order valence-electron chi connectivity index (χ1n) is 5.21. The summed E-state index contributed by atoms with van der Waals surface area (Å²) in [6.45, 7) is 3.44. The van der Waals surface area contributed by atoms with Gasteiger partial charge in [-0.15, -0.1) is 0 Å². The molecule has 5 heteroatoms. The van der Waals surface area contributed by atoms with E-state index in [0.717, 1.165) is 0 Å². The van der Waals surface area contributed by atoms with E-state index in [-0.39, 0.29) is 0 Å². The van der Waals surface area contributed by atoms with Crippen LogP contribution in [0.5, 0.6) is 0 Å². The molecule has 0 saturated heterocycles. The Kier molecular flexibility index (Phi) is 18.4. The molecule has 0 aliphatic heterocycles. The zero-order valence-corrected chi connectivity index (χ0v) is 10.3. The smallest absolute Gasteiger partial charge is 0.314 e. The molecule has 0 atom stereocenters. The standard InChI is InChI=1S/C9H21N.H3O3P/c1-3-4-5-6-7-8-9-10-2;1-4(2)3/h10H,3-9H2,1-2H3;4H,(H2,1,2,3). The van der Waals surface area contributed by atoms with Crippen molar-refractivity contribution in [3.8, 4) is 0 Å². The lowest BCUT2D eigenvalue weighted by molar-refractivity contribution is 0.405. The largest absolute Gasteiger partial charge is 0.326 e. The lowest BCUT2D eigenvalue weighted by Gasteiger charge is -1.98. The predicted molar refractivity (Wildman–Crippen MR) is 60.7 cm³/mol. The highest BCUT2D eigenvalue weighted by molar-refractivity contribution is 7.30. The molecular weight excluding hydrogens is 201 g/mol. The van der Waals surface area contributed by atoms with Gasteiger partial charge in [-0.25, -0.2) is 0 Å². The quantitative estimate of drug-likeness (QED) is 0.457. The fourth-order valence-electron chi connectivity index (χ4n) is 1.08. The molecule has 0 aliphatic carbocycles. The number of unbranched alkanes of at least 4 members (excludes halogenated alkanes) is 5. The Morgan fingerprint density at radius 3 is 1.93 bits per heavy atom. The van der Waals surface area contributed by atoms with Gasteiger partial charge in [0.2, 0.25) is 0 Å². The second kappa shape index (κ2) is 15.6. The minimum atomic E-state index is -3.13. The van der Waals surface area contributed by atoms with Gasteiger partial charge in [-0.05, 0) is 20.0 Å². The summed E-state index contributed by atoms with van der Waals surface area (Å²) in [6, 6.07) is 0. The molecule has 88 valence electrons. The fourth-order valence-corrected chi connectivity index (χ4v) is 1.08. The van der Waals surface area contributed by atoms with Gasteiger partial charge in [-0.1, -0.05) is 39.0 Å². The van der Waals surface area contributed by atoms with E-state index in [1.54, 1.807) is 0 Å². The van der Waals surface area contributed by atoms with Gasteiger partial charge in [-0.2, -0.15) is 0 Å². The Morgan fingerprint density at radius 1 is 1.07 bits per heavy atom. The average Bonchev–Trinajstić information content (AvgIpc) is 2.10. The lowest BCUT2D eigenvalue weighted by atomic mass is 10.1. The molecule has 0 aromatic rings. The van der Waals surface area contributed by atoms with Crippen LogP contribution in [0.3, 0.4) is 0 Å². The summed E-state index contributed by atoms with van der Waals surface area (Å²) >= 11 is 0. The highest BCUT2D eigenvalue weighted by Crippen LogP contribution is 2.03. The summed E-state index contributed by atoms with van der Waals surface area (Å²) in [5, 5.41) is 3.16. The number of nitrogens with one attached hydrogen (secondary N) is 1. The van der Waals surface area contributed by atoms with Crippen LogP contribution < -0.4 is 5.32 Å². The summed E-state index contributed by atoms with van der Waals surface area (Å²) in [4.78, 5) is 14.3. The molecule has 0 radical (unpaired) electrons. The van der Waals surface area contributed by atoms with E-state index in [0.29, 0.717) is 0 Å². The van der Waals surface area contributed by atoms with E-state index in [1.165, 1.54) is 45.1 Å². The molecule has 0 heterocycles. The van der Waals surface area contributed by atoms with Crippen molar-refractivity contribution in [2.24, 2.45) is 0 Å². The van der Waals surface area contributed by atoms with E-state index < -0.39 is 8.25 Å². The molecule has 0 rings (SSSR count). The second-order valence-corrected chi connectivity index (χ2v) is 3.72. The minimum absolute atomic E-state index is 1.19. The molecule has 0 amide bonds. The molecule has 0 spiro atoms. The molecule has 0 fully saturated rings. The van der Waals surface area contributed by atoms with Crippen LogP contribution >= 0.6 is 8.25 Å². The first kappa shape index (κ1) is 16.5. The molecule has 0 saturated carbocycles. The molecule has 4 nitrogen and oxygen atoms in total. The third-order valence-corrected chi connectivity index (χ3v) is 1.78. The van der Waals surface area contributed by atoms with Crippen LogP contribution in [0.25, 0.3) is 0 Å². The van der Waals surface area contributed by atoms with Crippen molar-refractivity contribution in [2.75, 3.05) is 13.6 Å². The zero-order valence-electron chi connectivity index (χ0n) is 9.25. The summed E-state index contributed by atoms with van der Waals surface area (Å²) in [5.41, 5.74) is 0.